The molecule has 2 aromatic rings. The highest BCUT2D eigenvalue weighted by molar-refractivity contribution is 9.10. The first-order valence-corrected chi connectivity index (χ1v) is 9.61. The second kappa shape index (κ2) is 9.74. The Kier molecular flexibility index (Phi) is 7.66. The van der Waals surface area contributed by atoms with Gasteiger partial charge in [-0.05, 0) is 32.9 Å². The number of likely N-dealkylation sites (N-methyl/N-ethyl adjacent to an activating group) is 1. The second-order valence-corrected chi connectivity index (χ2v) is 6.57. The van der Waals surface area contributed by atoms with E-state index in [-0.39, 0.29) is 6.61 Å². The van der Waals surface area contributed by atoms with Crippen LogP contribution in [-0.4, -0.2) is 50.2 Å². The van der Waals surface area contributed by atoms with Crippen LogP contribution in [-0.2, 0) is 19.0 Å². The zero-order valence-corrected chi connectivity index (χ0v) is 17.5. The summed E-state index contributed by atoms with van der Waals surface area (Å²) in [5, 5.41) is 10.2. The standard InChI is InChI=1S/C19H24BrN3O4/c1-5-25-18(24)17(19(26-6-2)27-7-3)23(4)14-11-22-16-12(10-21)8-9-13(20)15(14)16/h8-9,11,17,19,22H,5-7H2,1-4H3. The minimum atomic E-state index is -0.804. The Morgan fingerprint density at radius 1 is 1.26 bits per heavy atom. The predicted octanol–water partition coefficient (Wildman–Crippen LogP) is 3.57. The Morgan fingerprint density at radius 2 is 1.93 bits per heavy atom. The molecule has 0 saturated heterocycles. The Labute approximate surface area is 167 Å². The van der Waals surface area contributed by atoms with Crippen molar-refractivity contribution in [3.63, 3.8) is 0 Å². The molecule has 146 valence electrons. The molecule has 1 aromatic heterocycles. The van der Waals surface area contributed by atoms with Crippen molar-refractivity contribution >= 4 is 38.5 Å². The van der Waals surface area contributed by atoms with E-state index in [4.69, 9.17) is 14.2 Å². The molecule has 0 radical (unpaired) electrons. The first-order chi connectivity index (χ1) is 13.0. The van der Waals surface area contributed by atoms with Crippen molar-refractivity contribution in [2.75, 3.05) is 31.8 Å². The monoisotopic (exact) mass is 437 g/mol. The van der Waals surface area contributed by atoms with Crippen LogP contribution >= 0.6 is 15.9 Å². The lowest BCUT2D eigenvalue weighted by Gasteiger charge is -2.33. The molecule has 0 bridgehead atoms. The lowest BCUT2D eigenvalue weighted by Crippen LogP contribution is -2.50. The van der Waals surface area contributed by atoms with Crippen LogP contribution < -0.4 is 4.90 Å². The van der Waals surface area contributed by atoms with E-state index in [0.717, 1.165) is 15.5 Å². The largest absolute Gasteiger partial charge is 0.464 e. The number of esters is 1. The number of anilines is 1. The smallest absolute Gasteiger partial charge is 0.334 e. The molecule has 0 spiro atoms. The summed E-state index contributed by atoms with van der Waals surface area (Å²) < 4.78 is 17.4. The topological polar surface area (TPSA) is 87.6 Å². The number of hydrogen-bond acceptors (Lipinski definition) is 6. The fraction of sp³-hybridized carbons (Fsp3) is 0.474. The van der Waals surface area contributed by atoms with Gasteiger partial charge in [-0.1, -0.05) is 15.9 Å². The number of hydrogen-bond donors (Lipinski definition) is 1. The van der Waals surface area contributed by atoms with E-state index < -0.39 is 18.3 Å². The Balaban J connectivity index is 2.54. The number of benzene rings is 1. The molecule has 0 aliphatic rings. The fourth-order valence-electron chi connectivity index (χ4n) is 2.95. The zero-order chi connectivity index (χ0) is 20.0. The highest BCUT2D eigenvalue weighted by Crippen LogP contribution is 2.36. The quantitative estimate of drug-likeness (QED) is 0.476. The van der Waals surface area contributed by atoms with Gasteiger partial charge in [0.25, 0.3) is 0 Å². The molecule has 1 aromatic carbocycles. The summed E-state index contributed by atoms with van der Waals surface area (Å²) in [6.45, 7) is 6.48. The summed E-state index contributed by atoms with van der Waals surface area (Å²) in [7, 11) is 1.78. The number of H-pyrrole nitrogens is 1. The molecular formula is C19H24BrN3O4. The van der Waals surface area contributed by atoms with Gasteiger partial charge in [-0.3, -0.25) is 0 Å². The van der Waals surface area contributed by atoms with Crippen LogP contribution in [0, 0.1) is 11.3 Å². The van der Waals surface area contributed by atoms with Crippen LogP contribution in [0.25, 0.3) is 10.9 Å². The van der Waals surface area contributed by atoms with Crippen LogP contribution in [0.15, 0.2) is 22.8 Å². The number of halogens is 1. The molecule has 0 amide bonds. The van der Waals surface area contributed by atoms with Gasteiger partial charge in [0.2, 0.25) is 0 Å². The molecule has 0 aliphatic heterocycles. The van der Waals surface area contributed by atoms with Crippen molar-refractivity contribution in [3.8, 4) is 6.07 Å². The van der Waals surface area contributed by atoms with Gasteiger partial charge in [0.05, 0.1) is 23.4 Å². The van der Waals surface area contributed by atoms with Gasteiger partial charge in [-0.25, -0.2) is 4.79 Å². The fourth-order valence-corrected chi connectivity index (χ4v) is 3.48. The molecule has 1 heterocycles. The minimum Gasteiger partial charge on any atom is -0.464 e. The molecule has 7 nitrogen and oxygen atoms in total. The Morgan fingerprint density at radius 3 is 2.48 bits per heavy atom. The summed E-state index contributed by atoms with van der Waals surface area (Å²) >= 11 is 3.54. The van der Waals surface area contributed by atoms with Gasteiger partial charge in [0, 0.05) is 36.3 Å². The van der Waals surface area contributed by atoms with Crippen LogP contribution in [0.3, 0.4) is 0 Å². The molecule has 27 heavy (non-hydrogen) atoms. The molecule has 2 rings (SSSR count). The predicted molar refractivity (Wildman–Crippen MR) is 107 cm³/mol. The number of nitrogens with one attached hydrogen (secondary N) is 1. The van der Waals surface area contributed by atoms with Gasteiger partial charge < -0.3 is 24.1 Å². The average molecular weight is 438 g/mol. The van der Waals surface area contributed by atoms with Crippen LogP contribution in [0.1, 0.15) is 26.3 Å². The minimum absolute atomic E-state index is 0.254. The van der Waals surface area contributed by atoms with E-state index in [1.54, 1.807) is 31.1 Å². The first kappa shape index (κ1) is 21.2. The summed E-state index contributed by atoms with van der Waals surface area (Å²) in [5.74, 6) is -0.436. The zero-order valence-electron chi connectivity index (χ0n) is 15.9. The van der Waals surface area contributed by atoms with Crippen LogP contribution in [0.4, 0.5) is 5.69 Å². The lowest BCUT2D eigenvalue weighted by molar-refractivity contribution is -0.174. The third-order valence-corrected chi connectivity index (χ3v) is 4.79. The van der Waals surface area contributed by atoms with Gasteiger partial charge in [-0.15, -0.1) is 0 Å². The third kappa shape index (κ3) is 4.43. The van der Waals surface area contributed by atoms with Crippen molar-refractivity contribution in [3.05, 3.63) is 28.4 Å². The van der Waals surface area contributed by atoms with E-state index in [0.29, 0.717) is 24.3 Å². The molecule has 0 fully saturated rings. The van der Waals surface area contributed by atoms with E-state index in [1.807, 2.05) is 19.9 Å². The van der Waals surface area contributed by atoms with Crippen molar-refractivity contribution in [2.45, 2.75) is 33.1 Å². The number of nitriles is 1. The maximum absolute atomic E-state index is 12.7. The lowest BCUT2D eigenvalue weighted by atomic mass is 10.1. The summed E-state index contributed by atoms with van der Waals surface area (Å²) in [4.78, 5) is 17.6. The Hall–Kier alpha value is -2.08. The first-order valence-electron chi connectivity index (χ1n) is 8.82. The molecular weight excluding hydrogens is 414 g/mol. The van der Waals surface area contributed by atoms with Crippen LogP contribution in [0.5, 0.6) is 0 Å². The van der Waals surface area contributed by atoms with E-state index in [2.05, 4.69) is 27.0 Å². The highest BCUT2D eigenvalue weighted by Gasteiger charge is 2.36. The number of rotatable bonds is 9. The number of carbonyl (C=O) groups excluding carboxylic acids is 1. The molecule has 1 unspecified atom stereocenters. The highest BCUT2D eigenvalue weighted by atomic mass is 79.9. The normalized spacial score (nSPS) is 12.2. The molecule has 0 saturated carbocycles. The summed E-state index contributed by atoms with van der Waals surface area (Å²) in [5.41, 5.74) is 1.95. The van der Waals surface area contributed by atoms with Crippen molar-refractivity contribution in [1.82, 2.24) is 4.98 Å². The van der Waals surface area contributed by atoms with Crippen molar-refractivity contribution < 1.29 is 19.0 Å². The molecule has 1 atom stereocenters. The number of nitrogens with zero attached hydrogens (tertiary/aromatic N) is 2. The third-order valence-electron chi connectivity index (χ3n) is 4.13. The maximum atomic E-state index is 12.7. The SMILES string of the molecule is CCOC(=O)C(C(OCC)OCC)N(C)c1c[nH]c2c(C#N)ccc(Br)c12. The van der Waals surface area contributed by atoms with E-state index >= 15 is 0 Å². The van der Waals surface area contributed by atoms with Gasteiger partial charge in [0.15, 0.2) is 12.3 Å². The van der Waals surface area contributed by atoms with E-state index in [1.165, 1.54) is 0 Å². The maximum Gasteiger partial charge on any atom is 0.334 e. The summed E-state index contributed by atoms with van der Waals surface area (Å²) in [6.07, 6.45) is 0.976. The van der Waals surface area contributed by atoms with Crippen molar-refractivity contribution in [1.29, 1.82) is 5.26 Å². The molecule has 8 heteroatoms. The van der Waals surface area contributed by atoms with Gasteiger partial charge >= 0.3 is 5.97 Å². The van der Waals surface area contributed by atoms with Crippen molar-refractivity contribution in [2.24, 2.45) is 0 Å². The average Bonchev–Trinajstić information content (AvgIpc) is 3.09. The number of aromatic amines is 1. The number of ether oxygens (including phenoxy) is 3. The van der Waals surface area contributed by atoms with E-state index in [9.17, 15) is 10.1 Å². The van der Waals surface area contributed by atoms with Gasteiger partial charge in [-0.2, -0.15) is 5.26 Å². The van der Waals surface area contributed by atoms with Gasteiger partial charge in [0.1, 0.15) is 6.07 Å². The number of fused-ring (bicyclic) bond motifs is 1. The second-order valence-electron chi connectivity index (χ2n) is 5.72. The molecule has 0 aliphatic carbocycles. The van der Waals surface area contributed by atoms with Crippen LogP contribution in [0.2, 0.25) is 0 Å². The molecule has 1 N–H and O–H groups in total. The number of aromatic nitrogens is 1. The Bertz CT molecular complexity index is 824. The number of carbonyl (C=O) groups is 1. The summed E-state index contributed by atoms with van der Waals surface area (Å²) in [6, 6.07) is 4.92.